The Morgan fingerprint density at radius 1 is 1.03 bits per heavy atom. The van der Waals surface area contributed by atoms with Crippen LogP contribution in [0.4, 0.5) is 0 Å². The Hall–Kier alpha value is -3.02. The van der Waals surface area contributed by atoms with Crippen molar-refractivity contribution in [2.75, 3.05) is 13.3 Å². The molecule has 6 nitrogen and oxygen atoms in total. The zero-order valence-electron chi connectivity index (χ0n) is 18.6. The number of amides is 2. The van der Waals surface area contributed by atoms with Crippen molar-refractivity contribution in [2.45, 2.75) is 52.6 Å². The maximum Gasteiger partial charge on any atom is 0.242 e. The molecular formula is C25H32N2O4. The SMILES string of the molecule is CCC(C(=O)NCC(C)C)N(Cc1ccccc1)C(=O)CCc1ccc2c(c1)OCO2. The number of carbonyl (C=O) groups excluding carboxylic acids is 2. The van der Waals surface area contributed by atoms with E-state index in [1.54, 1.807) is 4.90 Å². The third kappa shape index (κ3) is 6.23. The van der Waals surface area contributed by atoms with E-state index in [2.05, 4.69) is 19.2 Å². The van der Waals surface area contributed by atoms with E-state index in [4.69, 9.17) is 9.47 Å². The molecule has 0 saturated carbocycles. The van der Waals surface area contributed by atoms with Crippen LogP contribution in [-0.4, -0.2) is 36.1 Å². The number of nitrogens with zero attached hydrogens (tertiary/aromatic N) is 1. The lowest BCUT2D eigenvalue weighted by molar-refractivity contribution is -0.141. The van der Waals surface area contributed by atoms with Crippen molar-refractivity contribution >= 4 is 11.8 Å². The molecule has 31 heavy (non-hydrogen) atoms. The van der Waals surface area contributed by atoms with Crippen LogP contribution in [0, 0.1) is 5.92 Å². The highest BCUT2D eigenvalue weighted by atomic mass is 16.7. The maximum atomic E-state index is 13.3. The molecule has 6 heteroatoms. The summed E-state index contributed by atoms with van der Waals surface area (Å²) in [5, 5.41) is 2.99. The minimum Gasteiger partial charge on any atom is -0.454 e. The van der Waals surface area contributed by atoms with Gasteiger partial charge in [0.25, 0.3) is 0 Å². The zero-order valence-corrected chi connectivity index (χ0v) is 18.6. The van der Waals surface area contributed by atoms with Gasteiger partial charge in [-0.15, -0.1) is 0 Å². The zero-order chi connectivity index (χ0) is 22.2. The molecule has 2 amide bonds. The summed E-state index contributed by atoms with van der Waals surface area (Å²) >= 11 is 0. The molecule has 1 aliphatic heterocycles. The average Bonchev–Trinajstić information content (AvgIpc) is 3.24. The lowest BCUT2D eigenvalue weighted by Gasteiger charge is -2.31. The van der Waals surface area contributed by atoms with Gasteiger partial charge in [0.15, 0.2) is 11.5 Å². The Morgan fingerprint density at radius 3 is 2.48 bits per heavy atom. The number of nitrogens with one attached hydrogen (secondary N) is 1. The Kier molecular flexibility index (Phi) is 7.93. The van der Waals surface area contributed by atoms with Crippen LogP contribution in [0.5, 0.6) is 11.5 Å². The van der Waals surface area contributed by atoms with Gasteiger partial charge >= 0.3 is 0 Å². The number of hydrogen-bond donors (Lipinski definition) is 1. The summed E-state index contributed by atoms with van der Waals surface area (Å²) in [6, 6.07) is 15.1. The van der Waals surface area contributed by atoms with E-state index in [9.17, 15) is 9.59 Å². The number of hydrogen-bond acceptors (Lipinski definition) is 4. The lowest BCUT2D eigenvalue weighted by Crippen LogP contribution is -2.49. The van der Waals surface area contributed by atoms with E-state index >= 15 is 0 Å². The quantitative estimate of drug-likeness (QED) is 0.628. The Balaban J connectivity index is 1.72. The second kappa shape index (κ2) is 10.8. The molecule has 2 aromatic rings. The molecule has 0 bridgehead atoms. The van der Waals surface area contributed by atoms with Gasteiger partial charge < -0.3 is 19.7 Å². The number of rotatable bonds is 10. The fourth-order valence-corrected chi connectivity index (χ4v) is 3.61. The summed E-state index contributed by atoms with van der Waals surface area (Å²) in [4.78, 5) is 27.9. The third-order valence-corrected chi connectivity index (χ3v) is 5.33. The topological polar surface area (TPSA) is 67.9 Å². The predicted octanol–water partition coefficient (Wildman–Crippen LogP) is 3.93. The van der Waals surface area contributed by atoms with Crippen LogP contribution in [0.1, 0.15) is 44.7 Å². The van der Waals surface area contributed by atoms with Gasteiger partial charge in [-0.2, -0.15) is 0 Å². The molecule has 166 valence electrons. The van der Waals surface area contributed by atoms with Gasteiger partial charge in [0, 0.05) is 19.5 Å². The monoisotopic (exact) mass is 424 g/mol. The standard InChI is InChI=1S/C25H32N2O4/c1-4-21(25(29)26-15-18(2)3)27(16-20-8-6-5-7-9-20)24(28)13-11-19-10-12-22-23(14-19)31-17-30-22/h5-10,12,14,18,21H,4,11,13,15-17H2,1-3H3,(H,26,29). The molecule has 1 atom stereocenters. The third-order valence-electron chi connectivity index (χ3n) is 5.33. The molecule has 0 aliphatic carbocycles. The van der Waals surface area contributed by atoms with Gasteiger partial charge in [-0.3, -0.25) is 9.59 Å². The number of ether oxygens (including phenoxy) is 2. The molecule has 3 rings (SSSR count). The largest absolute Gasteiger partial charge is 0.454 e. The highest BCUT2D eigenvalue weighted by molar-refractivity contribution is 5.87. The van der Waals surface area contributed by atoms with E-state index in [1.165, 1.54) is 0 Å². The average molecular weight is 425 g/mol. The van der Waals surface area contributed by atoms with Crippen LogP contribution in [0.3, 0.4) is 0 Å². The number of fused-ring (bicyclic) bond motifs is 1. The second-order valence-electron chi connectivity index (χ2n) is 8.26. The predicted molar refractivity (Wildman–Crippen MR) is 120 cm³/mol. The van der Waals surface area contributed by atoms with Crippen LogP contribution in [0.25, 0.3) is 0 Å². The van der Waals surface area contributed by atoms with Crippen LogP contribution in [0.15, 0.2) is 48.5 Å². The Labute approximate surface area is 184 Å². The van der Waals surface area contributed by atoms with E-state index in [-0.39, 0.29) is 18.6 Å². The first kappa shape index (κ1) is 22.7. The normalized spacial score (nSPS) is 13.2. The number of benzene rings is 2. The van der Waals surface area contributed by atoms with Crippen LogP contribution in [0.2, 0.25) is 0 Å². The molecule has 0 fully saturated rings. The van der Waals surface area contributed by atoms with E-state index in [0.717, 1.165) is 16.9 Å². The molecule has 1 heterocycles. The molecular weight excluding hydrogens is 392 g/mol. The van der Waals surface area contributed by atoms with E-state index in [1.807, 2.05) is 55.5 Å². The number of carbonyl (C=O) groups is 2. The fourth-order valence-electron chi connectivity index (χ4n) is 3.61. The Bertz CT molecular complexity index is 882. The van der Waals surface area contributed by atoms with Gasteiger partial charge in [0.1, 0.15) is 6.04 Å². The van der Waals surface area contributed by atoms with Crippen LogP contribution < -0.4 is 14.8 Å². The summed E-state index contributed by atoms with van der Waals surface area (Å²) in [6.07, 6.45) is 1.46. The van der Waals surface area contributed by atoms with Crippen molar-refractivity contribution in [3.05, 3.63) is 59.7 Å². The first-order chi connectivity index (χ1) is 15.0. The second-order valence-corrected chi connectivity index (χ2v) is 8.26. The van der Waals surface area contributed by atoms with Crippen molar-refractivity contribution in [2.24, 2.45) is 5.92 Å². The van der Waals surface area contributed by atoms with Gasteiger partial charge in [-0.25, -0.2) is 0 Å². The van der Waals surface area contributed by atoms with Crippen molar-refractivity contribution in [1.29, 1.82) is 0 Å². The van der Waals surface area contributed by atoms with Crippen LogP contribution in [-0.2, 0) is 22.6 Å². The van der Waals surface area contributed by atoms with E-state index in [0.29, 0.717) is 44.0 Å². The van der Waals surface area contributed by atoms with Gasteiger partial charge in [0.2, 0.25) is 18.6 Å². The summed E-state index contributed by atoms with van der Waals surface area (Å²) in [7, 11) is 0. The van der Waals surface area contributed by atoms with Gasteiger partial charge in [0.05, 0.1) is 0 Å². The lowest BCUT2D eigenvalue weighted by atomic mass is 10.1. The molecule has 0 spiro atoms. The molecule has 0 aromatic heterocycles. The summed E-state index contributed by atoms with van der Waals surface area (Å²) < 4.78 is 10.8. The summed E-state index contributed by atoms with van der Waals surface area (Å²) in [6.45, 7) is 7.29. The smallest absolute Gasteiger partial charge is 0.242 e. The molecule has 1 aliphatic rings. The fraction of sp³-hybridized carbons (Fsp3) is 0.440. The molecule has 0 radical (unpaired) electrons. The molecule has 2 aromatic carbocycles. The Morgan fingerprint density at radius 2 is 1.77 bits per heavy atom. The van der Waals surface area contributed by atoms with Gasteiger partial charge in [-0.05, 0) is 42.0 Å². The molecule has 0 saturated heterocycles. The summed E-state index contributed by atoms with van der Waals surface area (Å²) in [5.74, 6) is 1.67. The number of aryl methyl sites for hydroxylation is 1. The molecule has 1 unspecified atom stereocenters. The van der Waals surface area contributed by atoms with Crippen molar-refractivity contribution < 1.29 is 19.1 Å². The first-order valence-electron chi connectivity index (χ1n) is 11.0. The van der Waals surface area contributed by atoms with Crippen molar-refractivity contribution in [1.82, 2.24) is 10.2 Å². The highest BCUT2D eigenvalue weighted by Crippen LogP contribution is 2.32. The van der Waals surface area contributed by atoms with Crippen molar-refractivity contribution in [3.8, 4) is 11.5 Å². The van der Waals surface area contributed by atoms with Crippen molar-refractivity contribution in [3.63, 3.8) is 0 Å². The minimum atomic E-state index is -0.497. The van der Waals surface area contributed by atoms with E-state index < -0.39 is 6.04 Å². The molecule has 1 N–H and O–H groups in total. The minimum absolute atomic E-state index is 0.0342. The summed E-state index contributed by atoms with van der Waals surface area (Å²) in [5.41, 5.74) is 2.02. The first-order valence-corrected chi connectivity index (χ1v) is 11.0. The van der Waals surface area contributed by atoms with Gasteiger partial charge in [-0.1, -0.05) is 57.2 Å². The highest BCUT2D eigenvalue weighted by Gasteiger charge is 2.28. The van der Waals surface area contributed by atoms with Crippen LogP contribution >= 0.6 is 0 Å². The maximum absolute atomic E-state index is 13.3.